The molecule has 0 bridgehead atoms. The van der Waals surface area contributed by atoms with Gasteiger partial charge < -0.3 is 14.3 Å². The van der Waals surface area contributed by atoms with Crippen LogP contribution >= 0.6 is 11.6 Å². The maximum absolute atomic E-state index is 6.13. The molecule has 15 heavy (non-hydrogen) atoms. The second-order valence-corrected chi connectivity index (χ2v) is 3.27. The summed E-state index contributed by atoms with van der Waals surface area (Å²) in [6.07, 6.45) is 0.635. The van der Waals surface area contributed by atoms with E-state index in [4.69, 9.17) is 27.0 Å². The van der Waals surface area contributed by atoms with Gasteiger partial charge in [0, 0.05) is 0 Å². The zero-order valence-corrected chi connectivity index (χ0v) is 9.50. The SMILES string of the molecule is COc1ccc(CCON)c(Cl)c1OC. The normalized spacial score (nSPS) is 10.1. The average molecular weight is 232 g/mol. The summed E-state index contributed by atoms with van der Waals surface area (Å²) in [7, 11) is 3.11. The number of methoxy groups -OCH3 is 2. The Morgan fingerprint density at radius 2 is 2.00 bits per heavy atom. The van der Waals surface area contributed by atoms with E-state index < -0.39 is 0 Å². The minimum atomic E-state index is 0.412. The van der Waals surface area contributed by atoms with Crippen molar-refractivity contribution in [3.8, 4) is 11.5 Å². The molecule has 1 aromatic carbocycles. The third-order valence-electron chi connectivity index (χ3n) is 2.05. The maximum Gasteiger partial charge on any atom is 0.179 e. The summed E-state index contributed by atoms with van der Waals surface area (Å²) in [5, 5.41) is 0.536. The number of hydrogen-bond acceptors (Lipinski definition) is 4. The number of rotatable bonds is 5. The van der Waals surface area contributed by atoms with E-state index in [9.17, 15) is 0 Å². The van der Waals surface area contributed by atoms with Gasteiger partial charge in [0.05, 0.1) is 25.8 Å². The lowest BCUT2D eigenvalue weighted by molar-refractivity contribution is 0.141. The highest BCUT2D eigenvalue weighted by Gasteiger charge is 2.12. The first-order valence-electron chi connectivity index (χ1n) is 4.45. The fraction of sp³-hybridized carbons (Fsp3) is 0.400. The molecule has 0 radical (unpaired) electrons. The number of nitrogens with two attached hydrogens (primary N) is 1. The molecule has 0 atom stereocenters. The summed E-state index contributed by atoms with van der Waals surface area (Å²) in [4.78, 5) is 4.50. The molecule has 1 aromatic rings. The van der Waals surface area contributed by atoms with Crippen molar-refractivity contribution < 1.29 is 14.3 Å². The number of benzene rings is 1. The predicted octanol–water partition coefficient (Wildman–Crippen LogP) is 1.79. The van der Waals surface area contributed by atoms with Crippen molar-refractivity contribution in [1.82, 2.24) is 0 Å². The van der Waals surface area contributed by atoms with Crippen molar-refractivity contribution >= 4 is 11.6 Å². The molecule has 0 saturated carbocycles. The maximum atomic E-state index is 6.13. The van der Waals surface area contributed by atoms with Gasteiger partial charge in [0.2, 0.25) is 0 Å². The first-order valence-corrected chi connectivity index (χ1v) is 4.83. The third kappa shape index (κ3) is 2.75. The van der Waals surface area contributed by atoms with Gasteiger partial charge >= 0.3 is 0 Å². The van der Waals surface area contributed by atoms with Crippen LogP contribution in [0.5, 0.6) is 11.5 Å². The average Bonchev–Trinajstić information content (AvgIpc) is 2.27. The molecule has 0 heterocycles. The van der Waals surface area contributed by atoms with Gasteiger partial charge in [-0.2, -0.15) is 0 Å². The molecule has 4 nitrogen and oxygen atoms in total. The molecule has 0 aliphatic rings. The van der Waals surface area contributed by atoms with Crippen LogP contribution in [-0.4, -0.2) is 20.8 Å². The summed E-state index contributed by atoms with van der Waals surface area (Å²) < 4.78 is 10.3. The van der Waals surface area contributed by atoms with Crippen molar-refractivity contribution in [2.75, 3.05) is 20.8 Å². The van der Waals surface area contributed by atoms with Crippen LogP contribution in [0.15, 0.2) is 12.1 Å². The monoisotopic (exact) mass is 231 g/mol. The molecule has 0 aromatic heterocycles. The molecule has 0 unspecified atom stereocenters. The molecule has 0 spiro atoms. The molecular weight excluding hydrogens is 218 g/mol. The molecule has 84 valence electrons. The molecule has 5 heteroatoms. The lowest BCUT2D eigenvalue weighted by Gasteiger charge is -2.12. The van der Waals surface area contributed by atoms with E-state index in [-0.39, 0.29) is 0 Å². The highest BCUT2D eigenvalue weighted by atomic mass is 35.5. The summed E-state index contributed by atoms with van der Waals surface area (Å²) in [5.74, 6) is 6.10. The Labute approximate surface area is 93.8 Å². The first-order chi connectivity index (χ1) is 7.24. The van der Waals surface area contributed by atoms with Crippen LogP contribution in [-0.2, 0) is 11.3 Å². The van der Waals surface area contributed by atoms with E-state index >= 15 is 0 Å². The van der Waals surface area contributed by atoms with Crippen molar-refractivity contribution in [2.45, 2.75) is 6.42 Å². The predicted molar refractivity (Wildman–Crippen MR) is 58.4 cm³/mol. The van der Waals surface area contributed by atoms with Gasteiger partial charge in [0.25, 0.3) is 0 Å². The number of hydrogen-bond donors (Lipinski definition) is 1. The van der Waals surface area contributed by atoms with Crippen LogP contribution in [0.25, 0.3) is 0 Å². The molecule has 2 N–H and O–H groups in total. The van der Waals surface area contributed by atoms with E-state index in [1.54, 1.807) is 20.3 Å². The Balaban J connectivity index is 3.00. The van der Waals surface area contributed by atoms with Crippen LogP contribution in [0.3, 0.4) is 0 Å². The summed E-state index contributed by atoms with van der Waals surface area (Å²) >= 11 is 6.13. The second-order valence-electron chi connectivity index (χ2n) is 2.89. The molecule has 0 aliphatic heterocycles. The molecular formula is C10H14ClNO3. The molecule has 1 rings (SSSR count). The topological polar surface area (TPSA) is 53.7 Å². The van der Waals surface area contributed by atoms with Crippen LogP contribution in [0.4, 0.5) is 0 Å². The minimum absolute atomic E-state index is 0.412. The Bertz CT molecular complexity index is 331. The molecule has 0 aliphatic carbocycles. The summed E-state index contributed by atoms with van der Waals surface area (Å²) in [6, 6.07) is 3.67. The van der Waals surface area contributed by atoms with Gasteiger partial charge in [0.15, 0.2) is 11.5 Å². The van der Waals surface area contributed by atoms with E-state index in [1.807, 2.05) is 6.07 Å². The smallest absolute Gasteiger partial charge is 0.179 e. The zero-order chi connectivity index (χ0) is 11.3. The standard InChI is InChI=1S/C10H14ClNO3/c1-13-8-4-3-7(5-6-15-12)9(11)10(8)14-2/h3-4H,5-6,12H2,1-2H3. The lowest BCUT2D eigenvalue weighted by atomic mass is 10.1. The largest absolute Gasteiger partial charge is 0.493 e. The van der Waals surface area contributed by atoms with Crippen LogP contribution in [0, 0.1) is 0 Å². The van der Waals surface area contributed by atoms with Gasteiger partial charge in [-0.05, 0) is 18.1 Å². The fourth-order valence-corrected chi connectivity index (χ4v) is 1.62. The van der Waals surface area contributed by atoms with Crippen LogP contribution in [0.2, 0.25) is 5.02 Å². The van der Waals surface area contributed by atoms with Gasteiger partial charge in [0.1, 0.15) is 0 Å². The highest BCUT2D eigenvalue weighted by molar-refractivity contribution is 6.33. The summed E-state index contributed by atoms with van der Waals surface area (Å²) in [6.45, 7) is 0.412. The Hall–Kier alpha value is -0.970. The fourth-order valence-electron chi connectivity index (χ4n) is 1.29. The molecule has 0 fully saturated rings. The van der Waals surface area contributed by atoms with Crippen molar-refractivity contribution in [2.24, 2.45) is 5.90 Å². The van der Waals surface area contributed by atoms with Crippen LogP contribution < -0.4 is 15.4 Å². The molecule has 0 saturated heterocycles. The number of ether oxygens (including phenoxy) is 2. The van der Waals surface area contributed by atoms with E-state index in [2.05, 4.69) is 4.84 Å². The van der Waals surface area contributed by atoms with E-state index in [0.717, 1.165) is 5.56 Å². The number of halogens is 1. The Kier molecular flexibility index (Phi) is 4.68. The third-order valence-corrected chi connectivity index (χ3v) is 2.47. The lowest BCUT2D eigenvalue weighted by Crippen LogP contribution is -2.04. The van der Waals surface area contributed by atoms with E-state index in [0.29, 0.717) is 29.5 Å². The zero-order valence-electron chi connectivity index (χ0n) is 8.75. The summed E-state index contributed by atoms with van der Waals surface area (Å²) in [5.41, 5.74) is 0.916. The van der Waals surface area contributed by atoms with Gasteiger partial charge in [-0.3, -0.25) is 0 Å². The van der Waals surface area contributed by atoms with Crippen molar-refractivity contribution in [3.63, 3.8) is 0 Å². The van der Waals surface area contributed by atoms with Gasteiger partial charge in [-0.25, -0.2) is 5.90 Å². The Morgan fingerprint density at radius 3 is 2.53 bits per heavy atom. The molecule has 0 amide bonds. The van der Waals surface area contributed by atoms with Crippen LogP contribution in [0.1, 0.15) is 5.56 Å². The first kappa shape index (κ1) is 12.1. The van der Waals surface area contributed by atoms with Crippen molar-refractivity contribution in [1.29, 1.82) is 0 Å². The van der Waals surface area contributed by atoms with E-state index in [1.165, 1.54) is 0 Å². The van der Waals surface area contributed by atoms with Gasteiger partial charge in [-0.1, -0.05) is 17.7 Å². The minimum Gasteiger partial charge on any atom is -0.493 e. The quantitative estimate of drug-likeness (QED) is 0.785. The Morgan fingerprint density at radius 1 is 1.27 bits per heavy atom. The van der Waals surface area contributed by atoms with Crippen molar-refractivity contribution in [3.05, 3.63) is 22.7 Å². The highest BCUT2D eigenvalue weighted by Crippen LogP contribution is 2.37. The van der Waals surface area contributed by atoms with Gasteiger partial charge in [-0.15, -0.1) is 0 Å². The second kappa shape index (κ2) is 5.80.